The largest absolute Gasteiger partial charge is 0.361 e. The van der Waals surface area contributed by atoms with Crippen molar-refractivity contribution in [1.82, 2.24) is 19.9 Å². The number of rotatable bonds is 4. The van der Waals surface area contributed by atoms with Crippen LogP contribution in [0.3, 0.4) is 0 Å². The quantitative estimate of drug-likeness (QED) is 0.500. The van der Waals surface area contributed by atoms with E-state index in [9.17, 15) is 4.79 Å². The van der Waals surface area contributed by atoms with Crippen LogP contribution in [-0.2, 0) is 13.5 Å². The number of nitrogens with one attached hydrogen (secondary N) is 2. The maximum atomic E-state index is 12.6. The highest BCUT2D eigenvalue weighted by Gasteiger charge is 2.13. The number of para-hydroxylation sites is 2. The number of carbonyl (C=O) groups is 1. The highest BCUT2D eigenvalue weighted by molar-refractivity contribution is 6.09. The first kappa shape index (κ1) is 16.6. The standard InChI is InChI=1S/C23H20N4O/c1-27-21-9-5-3-7-17(21)18-14-26-20(12-22(18)27)23(28)24-11-10-15-13-25-19-8-4-2-6-16(15)19/h2-9,12-14,25H,10-11H2,1H3,(H,24,28). The summed E-state index contributed by atoms with van der Waals surface area (Å²) in [4.78, 5) is 20.3. The van der Waals surface area contributed by atoms with Gasteiger partial charge in [-0.2, -0.15) is 0 Å². The van der Waals surface area contributed by atoms with Gasteiger partial charge in [-0.1, -0.05) is 36.4 Å². The average Bonchev–Trinajstić information content (AvgIpc) is 3.28. The summed E-state index contributed by atoms with van der Waals surface area (Å²) < 4.78 is 2.11. The van der Waals surface area contributed by atoms with E-state index in [1.807, 2.05) is 43.6 Å². The molecule has 1 amide bonds. The number of carbonyl (C=O) groups excluding carboxylic acids is 1. The zero-order valence-corrected chi connectivity index (χ0v) is 15.6. The number of aromatic nitrogens is 3. The Bertz CT molecular complexity index is 1330. The lowest BCUT2D eigenvalue weighted by atomic mass is 10.1. The van der Waals surface area contributed by atoms with E-state index in [0.29, 0.717) is 12.2 Å². The fourth-order valence-electron chi connectivity index (χ4n) is 3.92. The number of hydrogen-bond acceptors (Lipinski definition) is 2. The van der Waals surface area contributed by atoms with E-state index in [-0.39, 0.29) is 5.91 Å². The number of pyridine rings is 1. The minimum atomic E-state index is -0.146. The van der Waals surface area contributed by atoms with Gasteiger partial charge >= 0.3 is 0 Å². The van der Waals surface area contributed by atoms with Crippen LogP contribution < -0.4 is 5.32 Å². The third-order valence-corrected chi connectivity index (χ3v) is 5.39. The molecule has 0 saturated heterocycles. The predicted octanol–water partition coefficient (Wildman–Crippen LogP) is 4.18. The third-order valence-electron chi connectivity index (χ3n) is 5.39. The zero-order chi connectivity index (χ0) is 19.1. The van der Waals surface area contributed by atoms with Crippen LogP contribution in [0.15, 0.2) is 67.0 Å². The number of benzene rings is 2. The van der Waals surface area contributed by atoms with E-state index in [2.05, 4.69) is 44.1 Å². The molecule has 0 unspecified atom stereocenters. The normalized spacial score (nSPS) is 11.5. The molecule has 3 aromatic heterocycles. The molecule has 5 nitrogen and oxygen atoms in total. The Kier molecular flexibility index (Phi) is 3.86. The molecule has 2 N–H and O–H groups in total. The molecule has 0 aliphatic heterocycles. The van der Waals surface area contributed by atoms with Crippen molar-refractivity contribution in [1.29, 1.82) is 0 Å². The number of amides is 1. The van der Waals surface area contributed by atoms with Gasteiger partial charge in [-0.05, 0) is 30.2 Å². The lowest BCUT2D eigenvalue weighted by molar-refractivity contribution is 0.0949. The molecule has 0 saturated carbocycles. The molecule has 0 spiro atoms. The number of aromatic amines is 1. The molecular weight excluding hydrogens is 348 g/mol. The van der Waals surface area contributed by atoms with Gasteiger partial charge in [0, 0.05) is 53.2 Å². The van der Waals surface area contributed by atoms with Gasteiger partial charge < -0.3 is 14.9 Å². The summed E-state index contributed by atoms with van der Waals surface area (Å²) in [5, 5.41) is 6.41. The van der Waals surface area contributed by atoms with E-state index in [1.54, 1.807) is 6.20 Å². The van der Waals surface area contributed by atoms with Crippen LogP contribution in [0, 0.1) is 0 Å². The Morgan fingerprint density at radius 1 is 1.04 bits per heavy atom. The van der Waals surface area contributed by atoms with E-state index >= 15 is 0 Å². The number of H-pyrrole nitrogens is 1. The first-order valence-corrected chi connectivity index (χ1v) is 9.39. The highest BCUT2D eigenvalue weighted by Crippen LogP contribution is 2.27. The van der Waals surface area contributed by atoms with Crippen molar-refractivity contribution in [3.05, 3.63) is 78.2 Å². The molecule has 0 bridgehead atoms. The maximum Gasteiger partial charge on any atom is 0.269 e. The maximum absolute atomic E-state index is 12.6. The topological polar surface area (TPSA) is 62.7 Å². The van der Waals surface area contributed by atoms with Gasteiger partial charge in [0.25, 0.3) is 5.91 Å². The van der Waals surface area contributed by atoms with E-state index < -0.39 is 0 Å². The van der Waals surface area contributed by atoms with Gasteiger partial charge in [0.05, 0.1) is 5.52 Å². The van der Waals surface area contributed by atoms with Crippen molar-refractivity contribution in [2.75, 3.05) is 6.54 Å². The van der Waals surface area contributed by atoms with Crippen LogP contribution in [-0.4, -0.2) is 27.0 Å². The third kappa shape index (κ3) is 2.63. The summed E-state index contributed by atoms with van der Waals surface area (Å²) in [6, 6.07) is 18.3. The fourth-order valence-corrected chi connectivity index (χ4v) is 3.92. The number of nitrogens with zero attached hydrogens (tertiary/aromatic N) is 2. The van der Waals surface area contributed by atoms with Crippen molar-refractivity contribution < 1.29 is 4.79 Å². The Balaban J connectivity index is 1.36. The van der Waals surface area contributed by atoms with E-state index in [1.165, 1.54) is 10.9 Å². The van der Waals surface area contributed by atoms with Gasteiger partial charge in [-0.15, -0.1) is 0 Å². The number of aryl methyl sites for hydroxylation is 1. The second kappa shape index (κ2) is 6.53. The first-order chi connectivity index (χ1) is 13.7. The second-order valence-electron chi connectivity index (χ2n) is 7.03. The summed E-state index contributed by atoms with van der Waals surface area (Å²) >= 11 is 0. The first-order valence-electron chi connectivity index (χ1n) is 9.39. The van der Waals surface area contributed by atoms with Crippen molar-refractivity contribution in [3.8, 4) is 0 Å². The number of hydrogen-bond donors (Lipinski definition) is 2. The van der Waals surface area contributed by atoms with Crippen molar-refractivity contribution in [2.24, 2.45) is 7.05 Å². The molecular formula is C23H20N4O. The second-order valence-corrected chi connectivity index (χ2v) is 7.03. The Morgan fingerprint density at radius 2 is 1.82 bits per heavy atom. The molecule has 3 heterocycles. The van der Waals surface area contributed by atoms with Crippen molar-refractivity contribution in [2.45, 2.75) is 6.42 Å². The molecule has 138 valence electrons. The summed E-state index contributed by atoms with van der Waals surface area (Å²) in [6.07, 6.45) is 4.58. The minimum Gasteiger partial charge on any atom is -0.361 e. The van der Waals surface area contributed by atoms with Crippen LogP contribution >= 0.6 is 0 Å². The predicted molar refractivity (Wildman–Crippen MR) is 113 cm³/mol. The van der Waals surface area contributed by atoms with Crippen molar-refractivity contribution in [3.63, 3.8) is 0 Å². The Labute approximate surface area is 162 Å². The Hall–Kier alpha value is -3.60. The van der Waals surface area contributed by atoms with Crippen LogP contribution in [0.4, 0.5) is 0 Å². The molecule has 0 radical (unpaired) electrons. The number of fused-ring (bicyclic) bond motifs is 4. The molecule has 0 fully saturated rings. The zero-order valence-electron chi connectivity index (χ0n) is 15.6. The average molecular weight is 368 g/mol. The van der Waals surface area contributed by atoms with E-state index in [0.717, 1.165) is 33.7 Å². The van der Waals surface area contributed by atoms with Crippen molar-refractivity contribution >= 4 is 38.6 Å². The summed E-state index contributed by atoms with van der Waals surface area (Å²) in [6.45, 7) is 0.565. The highest BCUT2D eigenvalue weighted by atomic mass is 16.1. The monoisotopic (exact) mass is 368 g/mol. The Morgan fingerprint density at radius 3 is 2.71 bits per heavy atom. The molecule has 0 aliphatic carbocycles. The lowest BCUT2D eigenvalue weighted by Gasteiger charge is -2.05. The van der Waals surface area contributed by atoms with Crippen LogP contribution in [0.2, 0.25) is 0 Å². The van der Waals surface area contributed by atoms with Gasteiger partial charge in [0.15, 0.2) is 0 Å². The molecule has 5 rings (SSSR count). The van der Waals surface area contributed by atoms with Crippen LogP contribution in [0.25, 0.3) is 32.7 Å². The minimum absolute atomic E-state index is 0.146. The summed E-state index contributed by atoms with van der Waals surface area (Å²) in [5.74, 6) is -0.146. The molecule has 0 atom stereocenters. The fraction of sp³-hybridized carbons (Fsp3) is 0.130. The van der Waals surface area contributed by atoms with Gasteiger partial charge in [-0.3, -0.25) is 9.78 Å². The molecule has 5 heteroatoms. The molecule has 2 aromatic carbocycles. The van der Waals surface area contributed by atoms with Crippen LogP contribution in [0.1, 0.15) is 16.1 Å². The SMILES string of the molecule is Cn1c2ccccc2c2cnc(C(=O)NCCc3c[nH]c4ccccc34)cc21. The van der Waals surface area contributed by atoms with Gasteiger partial charge in [-0.25, -0.2) is 0 Å². The van der Waals surface area contributed by atoms with Gasteiger partial charge in [0.2, 0.25) is 0 Å². The lowest BCUT2D eigenvalue weighted by Crippen LogP contribution is -2.26. The van der Waals surface area contributed by atoms with Crippen LogP contribution in [0.5, 0.6) is 0 Å². The molecule has 5 aromatic rings. The molecule has 28 heavy (non-hydrogen) atoms. The smallest absolute Gasteiger partial charge is 0.269 e. The van der Waals surface area contributed by atoms with E-state index in [4.69, 9.17) is 0 Å². The van der Waals surface area contributed by atoms with Gasteiger partial charge in [0.1, 0.15) is 5.69 Å². The summed E-state index contributed by atoms with van der Waals surface area (Å²) in [5.41, 5.74) is 4.91. The summed E-state index contributed by atoms with van der Waals surface area (Å²) in [7, 11) is 2.02. The molecule has 0 aliphatic rings.